The number of aryl methyl sites for hydroxylation is 1. The molecule has 0 amide bonds. The first-order valence-electron chi connectivity index (χ1n) is 6.12. The van der Waals surface area contributed by atoms with Crippen molar-refractivity contribution in [3.05, 3.63) is 59.2 Å². The quantitative estimate of drug-likeness (QED) is 0.675. The van der Waals surface area contributed by atoms with Gasteiger partial charge in [-0.05, 0) is 48.4 Å². The van der Waals surface area contributed by atoms with Crippen molar-refractivity contribution in [2.45, 2.75) is 13.3 Å². The number of anilines is 1. The number of ketones is 1. The van der Waals surface area contributed by atoms with Crippen molar-refractivity contribution in [2.24, 2.45) is 0 Å². The summed E-state index contributed by atoms with van der Waals surface area (Å²) in [4.78, 5) is 12.3. The third-order valence-corrected chi connectivity index (χ3v) is 3.05. The van der Waals surface area contributed by atoms with Crippen LogP contribution in [0, 0.1) is 6.92 Å². The molecule has 0 aliphatic rings. The molecule has 0 radical (unpaired) electrons. The molecule has 0 saturated heterocycles. The smallest absolute Gasteiger partial charge is 0.167 e. The van der Waals surface area contributed by atoms with Crippen LogP contribution in [0.4, 0.5) is 5.69 Å². The highest BCUT2D eigenvalue weighted by Crippen LogP contribution is 2.17. The van der Waals surface area contributed by atoms with Crippen molar-refractivity contribution in [1.82, 2.24) is 0 Å². The molecule has 0 saturated carbocycles. The summed E-state index contributed by atoms with van der Waals surface area (Å²) >= 11 is 0. The van der Waals surface area contributed by atoms with E-state index in [1.54, 1.807) is 19.2 Å². The topological polar surface area (TPSA) is 52.3 Å². The molecular weight excluding hydrogens is 238 g/mol. The molecule has 0 spiro atoms. The Hall–Kier alpha value is -2.29. The second-order valence-corrected chi connectivity index (χ2v) is 4.53. The van der Waals surface area contributed by atoms with E-state index < -0.39 is 0 Å². The molecule has 0 unspecified atom stereocenters. The average molecular weight is 255 g/mol. The fraction of sp³-hybridized carbons (Fsp3) is 0.188. The van der Waals surface area contributed by atoms with Gasteiger partial charge in [0.25, 0.3) is 0 Å². The fourth-order valence-electron chi connectivity index (χ4n) is 2.06. The van der Waals surface area contributed by atoms with E-state index in [1.807, 2.05) is 37.3 Å². The maximum Gasteiger partial charge on any atom is 0.167 e. The van der Waals surface area contributed by atoms with E-state index in [2.05, 4.69) is 0 Å². The van der Waals surface area contributed by atoms with E-state index in [1.165, 1.54) is 0 Å². The minimum atomic E-state index is 0.0887. The van der Waals surface area contributed by atoms with Crippen LogP contribution in [0.1, 0.15) is 21.5 Å². The molecule has 98 valence electrons. The SMILES string of the molecule is COc1cccc(CC(=O)c2ccc(N)cc2C)c1. The van der Waals surface area contributed by atoms with Gasteiger partial charge in [-0.1, -0.05) is 12.1 Å². The van der Waals surface area contributed by atoms with Crippen molar-refractivity contribution in [1.29, 1.82) is 0 Å². The summed E-state index contributed by atoms with van der Waals surface area (Å²) in [5.41, 5.74) is 8.94. The lowest BCUT2D eigenvalue weighted by Crippen LogP contribution is -2.06. The summed E-state index contributed by atoms with van der Waals surface area (Å²) in [6, 6.07) is 12.9. The monoisotopic (exact) mass is 255 g/mol. The van der Waals surface area contributed by atoms with Gasteiger partial charge in [-0.2, -0.15) is 0 Å². The van der Waals surface area contributed by atoms with Gasteiger partial charge in [-0.15, -0.1) is 0 Å². The van der Waals surface area contributed by atoms with Gasteiger partial charge >= 0.3 is 0 Å². The van der Waals surface area contributed by atoms with Crippen LogP contribution in [0.15, 0.2) is 42.5 Å². The van der Waals surface area contributed by atoms with Crippen LogP contribution >= 0.6 is 0 Å². The number of nitrogens with two attached hydrogens (primary N) is 1. The molecule has 0 bridgehead atoms. The van der Waals surface area contributed by atoms with Crippen molar-refractivity contribution in [2.75, 3.05) is 12.8 Å². The first kappa shape index (κ1) is 13.1. The number of Topliss-reactive ketones (excluding diaryl/α,β-unsaturated/α-hetero) is 1. The Morgan fingerprint density at radius 1 is 1.21 bits per heavy atom. The number of ether oxygens (including phenoxy) is 1. The molecule has 2 aromatic carbocycles. The van der Waals surface area contributed by atoms with Gasteiger partial charge in [0.05, 0.1) is 7.11 Å². The van der Waals surface area contributed by atoms with Crippen LogP contribution in [0.2, 0.25) is 0 Å². The summed E-state index contributed by atoms with van der Waals surface area (Å²) in [5, 5.41) is 0. The van der Waals surface area contributed by atoms with E-state index >= 15 is 0 Å². The molecule has 0 atom stereocenters. The minimum Gasteiger partial charge on any atom is -0.497 e. The maximum absolute atomic E-state index is 12.3. The lowest BCUT2D eigenvalue weighted by Gasteiger charge is -2.07. The van der Waals surface area contributed by atoms with Crippen LogP contribution < -0.4 is 10.5 Å². The predicted molar refractivity (Wildman–Crippen MR) is 76.6 cm³/mol. The molecule has 0 aliphatic carbocycles. The third kappa shape index (κ3) is 3.13. The second-order valence-electron chi connectivity index (χ2n) is 4.53. The zero-order chi connectivity index (χ0) is 13.8. The van der Waals surface area contributed by atoms with Crippen LogP contribution in [0.25, 0.3) is 0 Å². The molecular formula is C16H17NO2. The number of hydrogen-bond donors (Lipinski definition) is 1. The Bertz CT molecular complexity index is 605. The molecule has 19 heavy (non-hydrogen) atoms. The number of methoxy groups -OCH3 is 1. The summed E-state index contributed by atoms with van der Waals surface area (Å²) in [6.07, 6.45) is 0.363. The van der Waals surface area contributed by atoms with E-state index in [0.717, 1.165) is 22.4 Å². The fourth-order valence-corrected chi connectivity index (χ4v) is 2.06. The summed E-state index contributed by atoms with van der Waals surface area (Å²) in [6.45, 7) is 1.90. The zero-order valence-electron chi connectivity index (χ0n) is 11.1. The highest BCUT2D eigenvalue weighted by molar-refractivity contribution is 5.99. The average Bonchev–Trinajstić information content (AvgIpc) is 2.38. The highest BCUT2D eigenvalue weighted by Gasteiger charge is 2.10. The Balaban J connectivity index is 2.20. The van der Waals surface area contributed by atoms with Gasteiger partial charge in [0.1, 0.15) is 5.75 Å². The zero-order valence-corrected chi connectivity index (χ0v) is 11.1. The molecule has 3 heteroatoms. The largest absolute Gasteiger partial charge is 0.497 e. The van der Waals surface area contributed by atoms with Crippen LogP contribution in [-0.2, 0) is 6.42 Å². The molecule has 0 aromatic heterocycles. The molecule has 3 nitrogen and oxygen atoms in total. The first-order chi connectivity index (χ1) is 9.10. The normalized spacial score (nSPS) is 10.2. The molecule has 0 aliphatic heterocycles. The summed E-state index contributed by atoms with van der Waals surface area (Å²) < 4.78 is 5.15. The predicted octanol–water partition coefficient (Wildman–Crippen LogP) is 3.01. The number of benzene rings is 2. The summed E-state index contributed by atoms with van der Waals surface area (Å²) in [5.74, 6) is 0.852. The Kier molecular flexibility index (Phi) is 3.85. The van der Waals surface area contributed by atoms with Crippen molar-refractivity contribution >= 4 is 11.5 Å². The van der Waals surface area contributed by atoms with Crippen molar-refractivity contribution in [3.8, 4) is 5.75 Å². The maximum atomic E-state index is 12.3. The van der Waals surface area contributed by atoms with Gasteiger partial charge in [0.2, 0.25) is 0 Å². The Morgan fingerprint density at radius 3 is 2.68 bits per heavy atom. The molecule has 0 fully saturated rings. The van der Waals surface area contributed by atoms with Crippen LogP contribution in [0.3, 0.4) is 0 Å². The van der Waals surface area contributed by atoms with Gasteiger partial charge in [0, 0.05) is 17.7 Å². The van der Waals surface area contributed by atoms with Gasteiger partial charge < -0.3 is 10.5 Å². The third-order valence-electron chi connectivity index (χ3n) is 3.05. The molecule has 2 rings (SSSR count). The lowest BCUT2D eigenvalue weighted by molar-refractivity contribution is 0.0992. The number of rotatable bonds is 4. The van der Waals surface area contributed by atoms with Crippen molar-refractivity contribution in [3.63, 3.8) is 0 Å². The lowest BCUT2D eigenvalue weighted by atomic mass is 9.99. The molecule has 2 N–H and O–H groups in total. The molecule has 2 aromatic rings. The van der Waals surface area contributed by atoms with Gasteiger partial charge in [-0.3, -0.25) is 4.79 Å². The second kappa shape index (κ2) is 5.57. The number of hydrogen-bond acceptors (Lipinski definition) is 3. The van der Waals surface area contributed by atoms with Gasteiger partial charge in [-0.25, -0.2) is 0 Å². The molecule has 0 heterocycles. The Labute approximate surface area is 113 Å². The van der Waals surface area contributed by atoms with E-state index in [4.69, 9.17) is 10.5 Å². The highest BCUT2D eigenvalue weighted by atomic mass is 16.5. The number of carbonyl (C=O) groups is 1. The van der Waals surface area contributed by atoms with Crippen molar-refractivity contribution < 1.29 is 9.53 Å². The summed E-state index contributed by atoms with van der Waals surface area (Å²) in [7, 11) is 1.62. The van der Waals surface area contributed by atoms with Gasteiger partial charge in [0.15, 0.2) is 5.78 Å². The van der Waals surface area contributed by atoms with E-state index in [9.17, 15) is 4.79 Å². The van der Waals surface area contributed by atoms with Crippen LogP contribution in [0.5, 0.6) is 5.75 Å². The minimum absolute atomic E-state index is 0.0887. The van der Waals surface area contributed by atoms with E-state index in [-0.39, 0.29) is 5.78 Å². The first-order valence-corrected chi connectivity index (χ1v) is 6.12. The number of carbonyl (C=O) groups excluding carboxylic acids is 1. The Morgan fingerprint density at radius 2 is 2.00 bits per heavy atom. The van der Waals surface area contributed by atoms with Crippen LogP contribution in [-0.4, -0.2) is 12.9 Å². The number of nitrogen functional groups attached to an aromatic ring is 1. The standard InChI is InChI=1S/C16H17NO2/c1-11-8-13(17)6-7-15(11)16(18)10-12-4-3-5-14(9-12)19-2/h3-9H,10,17H2,1-2H3. The van der Waals surface area contributed by atoms with E-state index in [0.29, 0.717) is 12.1 Å².